The summed E-state index contributed by atoms with van der Waals surface area (Å²) in [4.78, 5) is 12.8. The highest BCUT2D eigenvalue weighted by molar-refractivity contribution is 8.00. The first-order chi connectivity index (χ1) is 10.3. The van der Waals surface area contributed by atoms with Crippen LogP contribution in [0.5, 0.6) is 0 Å². The Labute approximate surface area is 130 Å². The van der Waals surface area contributed by atoms with Gasteiger partial charge in [0.15, 0.2) is 0 Å². The second-order valence-electron chi connectivity index (χ2n) is 5.27. The van der Waals surface area contributed by atoms with Crippen molar-refractivity contribution in [2.75, 3.05) is 0 Å². The molecule has 0 bridgehead atoms. The van der Waals surface area contributed by atoms with Gasteiger partial charge in [-0.25, -0.2) is 0 Å². The van der Waals surface area contributed by atoms with Gasteiger partial charge >= 0.3 is 0 Å². The minimum absolute atomic E-state index is 0.0710. The van der Waals surface area contributed by atoms with Crippen molar-refractivity contribution in [1.82, 2.24) is 5.32 Å². The van der Waals surface area contributed by atoms with E-state index in [4.69, 9.17) is 0 Å². The molecule has 21 heavy (non-hydrogen) atoms. The van der Waals surface area contributed by atoms with Gasteiger partial charge in [-0.2, -0.15) is 0 Å². The topological polar surface area (TPSA) is 29.1 Å². The molecule has 3 atom stereocenters. The molecule has 1 aliphatic rings. The normalized spacial score (nSPS) is 24.9. The maximum atomic E-state index is 11.5. The van der Waals surface area contributed by atoms with Crippen LogP contribution in [0.2, 0.25) is 0 Å². The highest BCUT2D eigenvalue weighted by Gasteiger charge is 2.30. The van der Waals surface area contributed by atoms with Crippen molar-refractivity contribution in [2.45, 2.75) is 35.6 Å². The van der Waals surface area contributed by atoms with Crippen LogP contribution in [0.4, 0.5) is 0 Å². The van der Waals surface area contributed by atoms with Gasteiger partial charge in [-0.3, -0.25) is 5.32 Å². The van der Waals surface area contributed by atoms with Gasteiger partial charge in [-0.1, -0.05) is 55.5 Å². The van der Waals surface area contributed by atoms with Gasteiger partial charge in [0.2, 0.25) is 0 Å². The van der Waals surface area contributed by atoms with Crippen LogP contribution in [0.3, 0.4) is 0 Å². The molecule has 1 aliphatic heterocycles. The lowest BCUT2D eigenvalue weighted by molar-refractivity contribution is -0.109. The SMILES string of the molecule is CCC1Sc2ccccc2C(c2ccccc2)NC1C=O. The zero-order chi connectivity index (χ0) is 14.7. The summed E-state index contributed by atoms with van der Waals surface area (Å²) in [6.45, 7) is 2.14. The van der Waals surface area contributed by atoms with Gasteiger partial charge in [0.25, 0.3) is 0 Å². The Hall–Kier alpha value is -1.58. The van der Waals surface area contributed by atoms with Crippen LogP contribution < -0.4 is 5.32 Å². The second kappa shape index (κ2) is 6.46. The maximum absolute atomic E-state index is 11.5. The highest BCUT2D eigenvalue weighted by atomic mass is 32.2. The average molecular weight is 297 g/mol. The van der Waals surface area contributed by atoms with E-state index in [1.165, 1.54) is 16.0 Å². The first-order valence-electron chi connectivity index (χ1n) is 7.35. The number of hydrogen-bond acceptors (Lipinski definition) is 3. The van der Waals surface area contributed by atoms with E-state index in [0.29, 0.717) is 0 Å². The molecule has 0 radical (unpaired) electrons. The third-order valence-electron chi connectivity index (χ3n) is 3.95. The number of thioether (sulfide) groups is 1. The molecule has 0 amide bonds. The third-order valence-corrected chi connectivity index (χ3v) is 5.50. The molecule has 1 N–H and O–H groups in total. The van der Waals surface area contributed by atoms with Gasteiger partial charge < -0.3 is 4.79 Å². The fourth-order valence-corrected chi connectivity index (χ4v) is 4.10. The van der Waals surface area contributed by atoms with E-state index in [1.807, 2.05) is 30.0 Å². The Morgan fingerprint density at radius 1 is 1.10 bits per heavy atom. The number of hydrogen-bond donors (Lipinski definition) is 1. The van der Waals surface area contributed by atoms with E-state index in [1.54, 1.807) is 0 Å². The van der Waals surface area contributed by atoms with Crippen LogP contribution in [0, 0.1) is 0 Å². The molecule has 0 spiro atoms. The van der Waals surface area contributed by atoms with Crippen molar-refractivity contribution >= 4 is 18.0 Å². The van der Waals surface area contributed by atoms with Gasteiger partial charge in [-0.15, -0.1) is 11.8 Å². The smallest absolute Gasteiger partial charge is 0.138 e. The third kappa shape index (κ3) is 2.89. The summed E-state index contributed by atoms with van der Waals surface area (Å²) in [6, 6.07) is 18.8. The van der Waals surface area contributed by atoms with Gasteiger partial charge in [0.05, 0.1) is 12.1 Å². The molecule has 0 saturated heterocycles. The average Bonchev–Trinajstić information content (AvgIpc) is 2.72. The summed E-state index contributed by atoms with van der Waals surface area (Å²) >= 11 is 1.82. The van der Waals surface area contributed by atoms with Crippen LogP contribution in [0.1, 0.15) is 30.5 Å². The van der Waals surface area contributed by atoms with Crippen molar-refractivity contribution in [3.8, 4) is 0 Å². The number of aldehydes is 1. The summed E-state index contributed by atoms with van der Waals surface area (Å²) < 4.78 is 0. The molecule has 2 nitrogen and oxygen atoms in total. The predicted molar refractivity (Wildman–Crippen MR) is 87.7 cm³/mol. The molecular formula is C18H19NOS. The summed E-state index contributed by atoms with van der Waals surface area (Å²) in [5, 5.41) is 3.83. The summed E-state index contributed by atoms with van der Waals surface area (Å²) in [5.41, 5.74) is 2.46. The number of carbonyl (C=O) groups excluding carboxylic acids is 1. The molecule has 0 saturated carbocycles. The van der Waals surface area contributed by atoms with Crippen LogP contribution in [-0.4, -0.2) is 17.6 Å². The minimum Gasteiger partial charge on any atom is -0.302 e. The number of fused-ring (bicyclic) bond motifs is 1. The largest absolute Gasteiger partial charge is 0.302 e. The number of rotatable bonds is 3. The summed E-state index contributed by atoms with van der Waals surface area (Å²) in [5.74, 6) is 0. The first-order valence-corrected chi connectivity index (χ1v) is 8.23. The lowest BCUT2D eigenvalue weighted by atomic mass is 9.97. The highest BCUT2D eigenvalue weighted by Crippen LogP contribution is 2.38. The number of benzene rings is 2. The Kier molecular flexibility index (Phi) is 4.42. The molecule has 0 fully saturated rings. The van der Waals surface area contributed by atoms with Crippen molar-refractivity contribution in [2.24, 2.45) is 0 Å². The fraction of sp³-hybridized carbons (Fsp3) is 0.278. The molecule has 108 valence electrons. The Bertz CT molecular complexity index is 614. The molecule has 2 aromatic carbocycles. The minimum atomic E-state index is -0.127. The van der Waals surface area contributed by atoms with Crippen LogP contribution in [0.15, 0.2) is 59.5 Å². The van der Waals surface area contributed by atoms with Crippen molar-refractivity contribution in [3.05, 3.63) is 65.7 Å². The summed E-state index contributed by atoms with van der Waals surface area (Å²) in [6.07, 6.45) is 2.03. The summed E-state index contributed by atoms with van der Waals surface area (Å²) in [7, 11) is 0. The lowest BCUT2D eigenvalue weighted by Crippen LogP contribution is -2.40. The maximum Gasteiger partial charge on any atom is 0.138 e. The van der Waals surface area contributed by atoms with E-state index in [9.17, 15) is 4.79 Å². The molecular weight excluding hydrogens is 278 g/mol. The van der Waals surface area contributed by atoms with Crippen molar-refractivity contribution in [1.29, 1.82) is 0 Å². The number of nitrogens with one attached hydrogen (secondary N) is 1. The number of carbonyl (C=O) groups is 1. The predicted octanol–water partition coefficient (Wildman–Crippen LogP) is 3.82. The molecule has 3 rings (SSSR count). The van der Waals surface area contributed by atoms with Crippen LogP contribution >= 0.6 is 11.8 Å². The van der Waals surface area contributed by atoms with E-state index < -0.39 is 0 Å². The zero-order valence-corrected chi connectivity index (χ0v) is 12.8. The van der Waals surface area contributed by atoms with Crippen LogP contribution in [-0.2, 0) is 4.79 Å². The Morgan fingerprint density at radius 2 is 1.81 bits per heavy atom. The monoisotopic (exact) mass is 297 g/mol. The van der Waals surface area contributed by atoms with Crippen LogP contribution in [0.25, 0.3) is 0 Å². The van der Waals surface area contributed by atoms with Crippen molar-refractivity contribution in [3.63, 3.8) is 0 Å². The molecule has 1 heterocycles. The van der Waals surface area contributed by atoms with E-state index in [-0.39, 0.29) is 17.3 Å². The van der Waals surface area contributed by atoms with E-state index in [0.717, 1.165) is 12.7 Å². The fourth-order valence-electron chi connectivity index (χ4n) is 2.84. The van der Waals surface area contributed by atoms with Gasteiger partial charge in [0, 0.05) is 10.1 Å². The molecule has 3 unspecified atom stereocenters. The Morgan fingerprint density at radius 3 is 2.52 bits per heavy atom. The second-order valence-corrected chi connectivity index (χ2v) is 6.56. The molecule has 0 aromatic heterocycles. The van der Waals surface area contributed by atoms with E-state index in [2.05, 4.69) is 48.6 Å². The van der Waals surface area contributed by atoms with Gasteiger partial charge in [0.1, 0.15) is 6.29 Å². The quantitative estimate of drug-likeness (QED) is 0.873. The van der Waals surface area contributed by atoms with E-state index >= 15 is 0 Å². The Balaban J connectivity index is 2.08. The zero-order valence-electron chi connectivity index (χ0n) is 12.0. The molecule has 0 aliphatic carbocycles. The first kappa shape index (κ1) is 14.4. The van der Waals surface area contributed by atoms with Crippen molar-refractivity contribution < 1.29 is 4.79 Å². The molecule has 2 aromatic rings. The molecule has 3 heteroatoms. The lowest BCUT2D eigenvalue weighted by Gasteiger charge is -2.23. The standard InChI is InChI=1S/C18H19NOS/c1-2-16-15(12-20)19-18(13-8-4-3-5-9-13)14-10-6-7-11-17(14)21-16/h3-12,15-16,18-19H,2H2,1H3. The van der Waals surface area contributed by atoms with Gasteiger partial charge in [-0.05, 0) is 23.6 Å².